The summed E-state index contributed by atoms with van der Waals surface area (Å²) in [5.41, 5.74) is 1.11. The zero-order chi connectivity index (χ0) is 28.0. The van der Waals surface area contributed by atoms with Crippen LogP contribution in [-0.4, -0.2) is 35.3 Å². The molecule has 2 aliphatic rings. The largest absolute Gasteiger partial charge is 0.493 e. The summed E-state index contributed by atoms with van der Waals surface area (Å²) in [6, 6.07) is 17.3. The van der Waals surface area contributed by atoms with Crippen LogP contribution in [0.1, 0.15) is 39.6 Å². The van der Waals surface area contributed by atoms with Crippen LogP contribution in [0.3, 0.4) is 0 Å². The van der Waals surface area contributed by atoms with E-state index in [2.05, 4.69) is 0 Å². The summed E-state index contributed by atoms with van der Waals surface area (Å²) in [7, 11) is 1.59. The molecule has 2 atom stereocenters. The van der Waals surface area contributed by atoms with E-state index in [0.29, 0.717) is 12.0 Å². The van der Waals surface area contributed by atoms with Crippen molar-refractivity contribution < 1.29 is 27.4 Å². The highest BCUT2D eigenvalue weighted by atomic mass is 19.2. The summed E-state index contributed by atoms with van der Waals surface area (Å²) in [5.74, 6) is -3.09. The van der Waals surface area contributed by atoms with Crippen molar-refractivity contribution in [1.82, 2.24) is 9.58 Å². The molecule has 0 bridgehead atoms. The van der Waals surface area contributed by atoms with Gasteiger partial charge in [-0.15, -0.1) is 0 Å². The molecule has 4 aromatic rings. The summed E-state index contributed by atoms with van der Waals surface area (Å²) in [6.07, 6.45) is 1.13. The number of aromatic nitrogens is 1. The van der Waals surface area contributed by atoms with Crippen LogP contribution in [0, 0.1) is 17.5 Å². The van der Waals surface area contributed by atoms with Gasteiger partial charge in [-0.25, -0.2) is 13.2 Å². The van der Waals surface area contributed by atoms with Gasteiger partial charge >= 0.3 is 0 Å². The van der Waals surface area contributed by atoms with Crippen molar-refractivity contribution in [2.24, 2.45) is 0 Å². The van der Waals surface area contributed by atoms with Gasteiger partial charge in [0.1, 0.15) is 30.4 Å². The SMILES string of the molecule is CN1C(=O)c2c(OCc3ccccc3)c(=O)ccn2N2[C@H](c3ccc(F)cc3)c3cc(F)c(F)cc3OCC[C@@H]12. The van der Waals surface area contributed by atoms with Crippen molar-refractivity contribution in [2.75, 3.05) is 18.7 Å². The maximum atomic E-state index is 14.7. The number of halogens is 3. The Bertz CT molecular complexity index is 1640. The van der Waals surface area contributed by atoms with Crippen LogP contribution in [0.5, 0.6) is 11.5 Å². The minimum absolute atomic E-state index is 0.0140. The Morgan fingerprint density at radius 1 is 0.950 bits per heavy atom. The number of ether oxygens (including phenoxy) is 2. The number of hydrogen-bond acceptors (Lipinski definition) is 5. The van der Waals surface area contributed by atoms with Crippen LogP contribution in [-0.2, 0) is 6.61 Å². The summed E-state index contributed by atoms with van der Waals surface area (Å²) in [5, 5.41) is 1.79. The molecule has 3 heterocycles. The van der Waals surface area contributed by atoms with Crippen LogP contribution >= 0.6 is 0 Å². The molecule has 0 aliphatic carbocycles. The second kappa shape index (κ2) is 10.1. The van der Waals surface area contributed by atoms with E-state index < -0.39 is 41.0 Å². The van der Waals surface area contributed by atoms with Crippen molar-refractivity contribution in [3.05, 3.63) is 129 Å². The molecule has 0 spiro atoms. The number of rotatable bonds is 4. The van der Waals surface area contributed by atoms with Crippen LogP contribution in [0.4, 0.5) is 13.2 Å². The van der Waals surface area contributed by atoms with E-state index in [9.17, 15) is 22.8 Å². The summed E-state index contributed by atoms with van der Waals surface area (Å²) in [6.45, 7) is 0.149. The van der Waals surface area contributed by atoms with E-state index in [-0.39, 0.29) is 36.0 Å². The van der Waals surface area contributed by atoms with Crippen molar-refractivity contribution in [1.29, 1.82) is 0 Å². The first-order valence-corrected chi connectivity index (χ1v) is 12.7. The van der Waals surface area contributed by atoms with E-state index in [1.807, 2.05) is 30.3 Å². The smallest absolute Gasteiger partial charge is 0.277 e. The molecule has 0 saturated carbocycles. The first kappa shape index (κ1) is 25.5. The number of fused-ring (bicyclic) bond motifs is 4. The molecule has 10 heteroatoms. The van der Waals surface area contributed by atoms with Gasteiger partial charge in [0.2, 0.25) is 5.43 Å². The first-order chi connectivity index (χ1) is 19.3. The molecule has 0 fully saturated rings. The predicted molar refractivity (Wildman–Crippen MR) is 140 cm³/mol. The number of carbonyl (C=O) groups excluding carboxylic acids is 1. The van der Waals surface area contributed by atoms with Gasteiger partial charge in [-0.05, 0) is 29.3 Å². The standard InChI is InChI=1S/C30H24F3N3O4/c1-34-26-12-14-39-25-16-23(33)22(32)15-21(25)27(19-7-9-20(31)10-8-19)36(26)35-13-11-24(37)29(28(35)30(34)38)40-17-18-5-3-2-4-6-18/h2-11,13,15-16,26-27H,12,14,17H2,1H3/t26-,27+/m0/s1. The quantitative estimate of drug-likeness (QED) is 0.369. The lowest BCUT2D eigenvalue weighted by Crippen LogP contribution is -2.62. The first-order valence-electron chi connectivity index (χ1n) is 12.7. The number of carbonyl (C=O) groups is 1. The molecule has 204 valence electrons. The number of benzene rings is 3. The predicted octanol–water partition coefficient (Wildman–Crippen LogP) is 4.77. The van der Waals surface area contributed by atoms with E-state index in [4.69, 9.17) is 9.47 Å². The molecule has 1 amide bonds. The molecule has 40 heavy (non-hydrogen) atoms. The molecule has 1 aromatic heterocycles. The molecular formula is C30H24F3N3O4. The van der Waals surface area contributed by atoms with E-state index in [1.165, 1.54) is 46.1 Å². The Hall–Kier alpha value is -4.73. The van der Waals surface area contributed by atoms with Crippen LogP contribution < -0.4 is 19.9 Å². The summed E-state index contributed by atoms with van der Waals surface area (Å²) in [4.78, 5) is 28.2. The average Bonchev–Trinajstić information content (AvgIpc) is 2.95. The van der Waals surface area contributed by atoms with Crippen LogP contribution in [0.25, 0.3) is 0 Å². The molecule has 3 aromatic carbocycles. The van der Waals surface area contributed by atoms with Gasteiger partial charge < -0.3 is 14.4 Å². The fourth-order valence-corrected chi connectivity index (χ4v) is 5.29. The van der Waals surface area contributed by atoms with Gasteiger partial charge in [-0.1, -0.05) is 42.5 Å². The van der Waals surface area contributed by atoms with Gasteiger partial charge in [0.05, 0.1) is 6.61 Å². The second-order valence-corrected chi connectivity index (χ2v) is 9.65. The Kier molecular flexibility index (Phi) is 6.45. The summed E-state index contributed by atoms with van der Waals surface area (Å²) < 4.78 is 56.3. The second-order valence-electron chi connectivity index (χ2n) is 9.65. The van der Waals surface area contributed by atoms with E-state index in [1.54, 1.807) is 12.1 Å². The van der Waals surface area contributed by atoms with Gasteiger partial charge in [0.15, 0.2) is 23.1 Å². The topological polar surface area (TPSA) is 64.0 Å². The molecule has 2 aliphatic heterocycles. The Morgan fingerprint density at radius 3 is 2.42 bits per heavy atom. The van der Waals surface area contributed by atoms with Crippen molar-refractivity contribution in [3.63, 3.8) is 0 Å². The highest BCUT2D eigenvalue weighted by molar-refractivity contribution is 5.96. The molecular weight excluding hydrogens is 523 g/mol. The third kappa shape index (κ3) is 4.35. The van der Waals surface area contributed by atoms with Crippen molar-refractivity contribution >= 4 is 5.91 Å². The maximum absolute atomic E-state index is 14.7. The minimum atomic E-state index is -1.08. The molecule has 7 nitrogen and oxygen atoms in total. The normalized spacial score (nSPS) is 18.1. The van der Waals surface area contributed by atoms with Gasteiger partial charge in [-0.2, -0.15) is 0 Å². The van der Waals surface area contributed by atoms with Gasteiger partial charge in [0.25, 0.3) is 5.91 Å². The number of amides is 1. The van der Waals surface area contributed by atoms with Crippen molar-refractivity contribution in [3.8, 4) is 11.5 Å². The molecule has 6 rings (SSSR count). The number of pyridine rings is 1. The lowest BCUT2D eigenvalue weighted by Gasteiger charge is -2.50. The monoisotopic (exact) mass is 547 g/mol. The lowest BCUT2D eigenvalue weighted by molar-refractivity contribution is 0.0569. The van der Waals surface area contributed by atoms with E-state index >= 15 is 0 Å². The van der Waals surface area contributed by atoms with Gasteiger partial charge in [-0.3, -0.25) is 19.3 Å². The van der Waals surface area contributed by atoms with E-state index in [0.717, 1.165) is 17.7 Å². The zero-order valence-corrected chi connectivity index (χ0v) is 21.4. The Balaban J connectivity index is 1.57. The molecule has 0 radical (unpaired) electrons. The third-order valence-corrected chi connectivity index (χ3v) is 7.22. The highest BCUT2D eigenvalue weighted by Crippen LogP contribution is 2.41. The minimum Gasteiger partial charge on any atom is -0.493 e. The maximum Gasteiger partial charge on any atom is 0.277 e. The third-order valence-electron chi connectivity index (χ3n) is 7.22. The zero-order valence-electron chi connectivity index (χ0n) is 21.4. The van der Waals surface area contributed by atoms with Gasteiger partial charge in [0, 0.05) is 37.4 Å². The Labute approximate surface area is 227 Å². The van der Waals surface area contributed by atoms with Crippen molar-refractivity contribution in [2.45, 2.75) is 25.2 Å². The Morgan fingerprint density at radius 2 is 1.68 bits per heavy atom. The molecule has 0 N–H and O–H groups in total. The fraction of sp³-hybridized carbons (Fsp3) is 0.200. The molecule has 0 saturated heterocycles. The average molecular weight is 548 g/mol. The summed E-state index contributed by atoms with van der Waals surface area (Å²) >= 11 is 0. The van der Waals surface area contributed by atoms with Crippen LogP contribution in [0.2, 0.25) is 0 Å². The highest BCUT2D eigenvalue weighted by Gasteiger charge is 2.43. The number of nitrogens with zero attached hydrogens (tertiary/aromatic N) is 3. The lowest BCUT2D eigenvalue weighted by atomic mass is 9.94. The molecule has 0 unspecified atom stereocenters. The number of hydrogen-bond donors (Lipinski definition) is 0. The fourth-order valence-electron chi connectivity index (χ4n) is 5.29. The van der Waals surface area contributed by atoms with Crippen LogP contribution in [0.15, 0.2) is 83.8 Å².